The number of hydrogen-bond acceptors (Lipinski definition) is 4. The van der Waals surface area contributed by atoms with Crippen LogP contribution in [0.5, 0.6) is 11.5 Å². The molecule has 0 radical (unpaired) electrons. The number of ether oxygens (including phenoxy) is 2. The number of methoxy groups -OCH3 is 2. The second-order valence-electron chi connectivity index (χ2n) is 4.88. The van der Waals surface area contributed by atoms with Gasteiger partial charge in [0.05, 0.1) is 19.6 Å². The highest BCUT2D eigenvalue weighted by molar-refractivity contribution is 5.93. The lowest BCUT2D eigenvalue weighted by Crippen LogP contribution is -2.03. The van der Waals surface area contributed by atoms with E-state index >= 15 is 0 Å². The molecule has 1 aromatic heterocycles. The van der Waals surface area contributed by atoms with Crippen LogP contribution in [0.4, 0.5) is 0 Å². The van der Waals surface area contributed by atoms with E-state index in [0.29, 0.717) is 12.5 Å². The third kappa shape index (κ3) is 2.02. The molecular weight excluding hydrogens is 240 g/mol. The van der Waals surface area contributed by atoms with Gasteiger partial charge in [0, 0.05) is 18.2 Å². The molecule has 1 aromatic carbocycles. The molecule has 1 aliphatic rings. The molecule has 2 N–H and O–H groups in total. The van der Waals surface area contributed by atoms with Crippen molar-refractivity contribution in [2.24, 2.45) is 5.73 Å². The number of aromatic nitrogens is 1. The summed E-state index contributed by atoms with van der Waals surface area (Å²) >= 11 is 0. The molecule has 2 aromatic rings. The van der Waals surface area contributed by atoms with Gasteiger partial charge in [-0.15, -0.1) is 0 Å². The van der Waals surface area contributed by atoms with Gasteiger partial charge in [0.2, 0.25) is 0 Å². The Balaban J connectivity index is 2.33. The summed E-state index contributed by atoms with van der Waals surface area (Å²) in [6.45, 7) is 0.474. The van der Waals surface area contributed by atoms with Gasteiger partial charge < -0.3 is 15.2 Å². The van der Waals surface area contributed by atoms with Crippen LogP contribution >= 0.6 is 0 Å². The maximum atomic E-state index is 5.90. The fourth-order valence-electron chi connectivity index (χ4n) is 2.47. The van der Waals surface area contributed by atoms with Crippen LogP contribution in [0.1, 0.15) is 30.0 Å². The van der Waals surface area contributed by atoms with Crippen LogP contribution in [-0.4, -0.2) is 19.2 Å². The normalized spacial score (nSPS) is 14.7. The molecule has 0 aliphatic heterocycles. The first-order valence-electron chi connectivity index (χ1n) is 6.53. The molecule has 4 nitrogen and oxygen atoms in total. The predicted octanol–water partition coefficient (Wildman–Crippen LogP) is 2.59. The van der Waals surface area contributed by atoms with Crippen LogP contribution in [0, 0.1) is 0 Å². The number of rotatable bonds is 4. The number of pyridine rings is 1. The molecule has 1 saturated carbocycles. The fraction of sp³-hybridized carbons (Fsp3) is 0.400. The lowest BCUT2D eigenvalue weighted by atomic mass is 10.0. The van der Waals surface area contributed by atoms with E-state index in [1.807, 2.05) is 12.1 Å². The van der Waals surface area contributed by atoms with Gasteiger partial charge in [-0.2, -0.15) is 0 Å². The van der Waals surface area contributed by atoms with Crippen LogP contribution in [0.25, 0.3) is 10.9 Å². The average molecular weight is 258 g/mol. The predicted molar refractivity (Wildman–Crippen MR) is 74.7 cm³/mol. The summed E-state index contributed by atoms with van der Waals surface area (Å²) in [5, 5.41) is 0.966. The monoisotopic (exact) mass is 258 g/mol. The molecule has 100 valence electrons. The summed E-state index contributed by atoms with van der Waals surface area (Å²) in [6.07, 6.45) is 2.43. The first kappa shape index (κ1) is 12.2. The summed E-state index contributed by atoms with van der Waals surface area (Å²) in [5.74, 6) is 2.16. The Morgan fingerprint density at radius 3 is 2.47 bits per heavy atom. The Labute approximate surface area is 112 Å². The zero-order chi connectivity index (χ0) is 13.4. The highest BCUT2D eigenvalue weighted by atomic mass is 16.5. The molecule has 19 heavy (non-hydrogen) atoms. The van der Waals surface area contributed by atoms with Crippen LogP contribution in [0.2, 0.25) is 0 Å². The summed E-state index contributed by atoms with van der Waals surface area (Å²) < 4.78 is 10.9. The van der Waals surface area contributed by atoms with Crippen LogP contribution in [-0.2, 0) is 6.54 Å². The van der Waals surface area contributed by atoms with E-state index in [2.05, 4.69) is 6.07 Å². The van der Waals surface area contributed by atoms with E-state index in [4.69, 9.17) is 20.2 Å². The van der Waals surface area contributed by atoms with Crippen LogP contribution in [0.3, 0.4) is 0 Å². The van der Waals surface area contributed by atoms with Crippen molar-refractivity contribution < 1.29 is 9.47 Å². The minimum Gasteiger partial charge on any atom is -0.496 e. The van der Waals surface area contributed by atoms with Gasteiger partial charge in [-0.05, 0) is 36.6 Å². The molecule has 0 saturated heterocycles. The molecule has 0 atom stereocenters. The van der Waals surface area contributed by atoms with Gasteiger partial charge in [0.1, 0.15) is 17.0 Å². The number of nitrogens with zero attached hydrogens (tertiary/aromatic N) is 1. The lowest BCUT2D eigenvalue weighted by Gasteiger charge is -2.14. The Kier molecular flexibility index (Phi) is 3.03. The highest BCUT2D eigenvalue weighted by Gasteiger charge is 2.27. The van der Waals surface area contributed by atoms with Gasteiger partial charge in [0.15, 0.2) is 0 Å². The van der Waals surface area contributed by atoms with Gasteiger partial charge in [-0.1, -0.05) is 0 Å². The van der Waals surface area contributed by atoms with E-state index in [1.165, 1.54) is 12.8 Å². The zero-order valence-electron chi connectivity index (χ0n) is 11.3. The SMILES string of the molecule is COc1ccc(OC)c2c(CN)cc(C3CC3)nc12. The smallest absolute Gasteiger partial charge is 0.145 e. The van der Waals surface area contributed by atoms with Gasteiger partial charge >= 0.3 is 0 Å². The van der Waals surface area contributed by atoms with Crippen molar-refractivity contribution in [1.82, 2.24) is 4.98 Å². The molecule has 0 amide bonds. The fourth-order valence-corrected chi connectivity index (χ4v) is 2.47. The Morgan fingerprint density at radius 1 is 1.21 bits per heavy atom. The van der Waals surface area contributed by atoms with E-state index < -0.39 is 0 Å². The van der Waals surface area contributed by atoms with E-state index in [9.17, 15) is 0 Å². The Hall–Kier alpha value is -1.81. The topological polar surface area (TPSA) is 57.4 Å². The third-order valence-corrected chi connectivity index (χ3v) is 3.64. The maximum absolute atomic E-state index is 5.90. The summed E-state index contributed by atoms with van der Waals surface area (Å²) in [7, 11) is 3.32. The van der Waals surface area contributed by atoms with Gasteiger partial charge in [-0.25, -0.2) is 4.98 Å². The molecule has 4 heteroatoms. The Bertz CT molecular complexity index is 621. The van der Waals surface area contributed by atoms with Crippen molar-refractivity contribution in [3.05, 3.63) is 29.5 Å². The number of fused-ring (bicyclic) bond motifs is 1. The average Bonchev–Trinajstić information content (AvgIpc) is 3.29. The Morgan fingerprint density at radius 2 is 1.89 bits per heavy atom. The number of benzene rings is 1. The molecule has 3 rings (SSSR count). The number of nitrogens with two attached hydrogens (primary N) is 1. The standard InChI is InChI=1S/C15H18N2O2/c1-18-12-5-6-13(19-2)15-14(12)10(8-16)7-11(17-15)9-3-4-9/h5-7,9H,3-4,8,16H2,1-2H3. The highest BCUT2D eigenvalue weighted by Crippen LogP contribution is 2.42. The molecule has 1 fully saturated rings. The minimum atomic E-state index is 0.474. The second kappa shape index (κ2) is 4.70. The first-order chi connectivity index (χ1) is 9.28. The van der Waals surface area contributed by atoms with E-state index in [0.717, 1.165) is 33.7 Å². The minimum absolute atomic E-state index is 0.474. The van der Waals surface area contributed by atoms with Crippen molar-refractivity contribution in [3.63, 3.8) is 0 Å². The largest absolute Gasteiger partial charge is 0.496 e. The van der Waals surface area contributed by atoms with Crippen LogP contribution in [0.15, 0.2) is 18.2 Å². The van der Waals surface area contributed by atoms with Gasteiger partial charge in [0.25, 0.3) is 0 Å². The second-order valence-corrected chi connectivity index (χ2v) is 4.88. The quantitative estimate of drug-likeness (QED) is 0.915. The zero-order valence-corrected chi connectivity index (χ0v) is 11.3. The van der Waals surface area contributed by atoms with Crippen molar-refractivity contribution in [2.45, 2.75) is 25.3 Å². The summed E-state index contributed by atoms with van der Waals surface area (Å²) in [5.41, 5.74) is 8.95. The van der Waals surface area contributed by atoms with Crippen molar-refractivity contribution in [3.8, 4) is 11.5 Å². The van der Waals surface area contributed by atoms with Crippen molar-refractivity contribution in [1.29, 1.82) is 0 Å². The maximum Gasteiger partial charge on any atom is 0.145 e. The van der Waals surface area contributed by atoms with E-state index in [1.54, 1.807) is 14.2 Å². The van der Waals surface area contributed by atoms with E-state index in [-0.39, 0.29) is 0 Å². The summed E-state index contributed by atoms with van der Waals surface area (Å²) in [4.78, 5) is 4.76. The van der Waals surface area contributed by atoms with Crippen molar-refractivity contribution >= 4 is 10.9 Å². The molecule has 0 bridgehead atoms. The molecule has 1 heterocycles. The molecule has 1 aliphatic carbocycles. The summed E-state index contributed by atoms with van der Waals surface area (Å²) in [6, 6.07) is 5.91. The van der Waals surface area contributed by atoms with Crippen molar-refractivity contribution in [2.75, 3.05) is 14.2 Å². The first-order valence-corrected chi connectivity index (χ1v) is 6.53. The molecule has 0 unspecified atom stereocenters. The lowest BCUT2D eigenvalue weighted by molar-refractivity contribution is 0.409. The van der Waals surface area contributed by atoms with Crippen LogP contribution < -0.4 is 15.2 Å². The molecule has 0 spiro atoms. The number of hydrogen-bond donors (Lipinski definition) is 1. The van der Waals surface area contributed by atoms with Gasteiger partial charge in [-0.3, -0.25) is 0 Å². The third-order valence-electron chi connectivity index (χ3n) is 3.64. The molecular formula is C15H18N2O2.